The highest BCUT2D eigenvalue weighted by atomic mass is 31.2. The third-order valence-electron chi connectivity index (χ3n) is 8.59. The minimum atomic E-state index is -4.76. The lowest BCUT2D eigenvalue weighted by molar-refractivity contribution is -0.161. The van der Waals surface area contributed by atoms with Gasteiger partial charge in [-0.2, -0.15) is 0 Å². The number of phosphoric ester groups is 1. The van der Waals surface area contributed by atoms with Crippen LogP contribution in [0.2, 0.25) is 0 Å². The number of epoxide rings is 1. The normalized spacial score (nSPS) is 17.0. The fourth-order valence-electron chi connectivity index (χ4n) is 5.58. The topological polar surface area (TPSA) is 132 Å². The Morgan fingerprint density at radius 1 is 0.653 bits per heavy atom. The number of rotatable bonds is 34. The van der Waals surface area contributed by atoms with Gasteiger partial charge in [-0.05, 0) is 44.9 Å². The van der Waals surface area contributed by atoms with Gasteiger partial charge in [-0.3, -0.25) is 14.1 Å². The summed E-state index contributed by atoms with van der Waals surface area (Å²) in [5.74, 6) is -0.953. The fraction of sp³-hybridized carbons (Fsp3) is 0.795. The van der Waals surface area contributed by atoms with E-state index in [4.69, 9.17) is 24.0 Å². The Morgan fingerprint density at radius 2 is 1.18 bits per heavy atom. The SMILES string of the molecule is CCCCCCCCCCCCCCCC(=O)O[C@H](COC(=O)CCC/C=C\C/C=C\C/C=C\CC1OC1CCCCC)COP(=O)(O)O. The van der Waals surface area contributed by atoms with Crippen LogP contribution in [0.5, 0.6) is 0 Å². The average Bonchev–Trinajstić information content (AvgIpc) is 3.82. The lowest BCUT2D eigenvalue weighted by Crippen LogP contribution is -2.29. The maximum Gasteiger partial charge on any atom is 0.469 e. The third kappa shape index (κ3) is 30.8. The van der Waals surface area contributed by atoms with Crippen LogP contribution in [0.3, 0.4) is 0 Å². The fourth-order valence-corrected chi connectivity index (χ4v) is 5.94. The number of phosphoric acid groups is 1. The van der Waals surface area contributed by atoms with Crippen molar-refractivity contribution in [3.05, 3.63) is 36.5 Å². The summed E-state index contributed by atoms with van der Waals surface area (Å²) in [7, 11) is -4.76. The second-order valence-electron chi connectivity index (χ2n) is 13.3. The summed E-state index contributed by atoms with van der Waals surface area (Å²) >= 11 is 0. The first-order valence-corrected chi connectivity index (χ1v) is 20.9. The molecule has 284 valence electrons. The molecule has 10 heteroatoms. The monoisotopic (exact) mass is 712 g/mol. The predicted octanol–water partition coefficient (Wildman–Crippen LogP) is 10.4. The van der Waals surface area contributed by atoms with Crippen molar-refractivity contribution in [1.82, 2.24) is 0 Å². The number of esters is 2. The van der Waals surface area contributed by atoms with Crippen LogP contribution in [-0.2, 0) is 32.9 Å². The molecule has 2 unspecified atom stereocenters. The second kappa shape index (κ2) is 31.0. The first-order valence-electron chi connectivity index (χ1n) is 19.4. The molecule has 0 aromatic heterocycles. The van der Waals surface area contributed by atoms with Gasteiger partial charge in [0, 0.05) is 12.8 Å². The number of carbonyl (C=O) groups is 2. The summed E-state index contributed by atoms with van der Waals surface area (Å²) in [6.45, 7) is 3.59. The van der Waals surface area contributed by atoms with Crippen LogP contribution in [0.25, 0.3) is 0 Å². The summed E-state index contributed by atoms with van der Waals surface area (Å²) in [4.78, 5) is 42.7. The smallest absolute Gasteiger partial charge is 0.462 e. The molecule has 1 aliphatic rings. The van der Waals surface area contributed by atoms with Crippen LogP contribution in [-0.4, -0.2) is 53.3 Å². The Hall–Kier alpha value is -1.77. The van der Waals surface area contributed by atoms with Gasteiger partial charge in [-0.25, -0.2) is 4.57 Å². The van der Waals surface area contributed by atoms with Crippen molar-refractivity contribution < 1.29 is 42.7 Å². The summed E-state index contributed by atoms with van der Waals surface area (Å²) in [5, 5.41) is 0. The molecule has 0 spiro atoms. The number of hydrogen-bond acceptors (Lipinski definition) is 7. The van der Waals surface area contributed by atoms with E-state index >= 15 is 0 Å². The Bertz CT molecular complexity index is 958. The van der Waals surface area contributed by atoms with Crippen molar-refractivity contribution in [1.29, 1.82) is 0 Å². The molecule has 0 aromatic carbocycles. The van der Waals surface area contributed by atoms with E-state index in [0.29, 0.717) is 25.0 Å². The Balaban J connectivity index is 2.12. The van der Waals surface area contributed by atoms with E-state index in [2.05, 4.69) is 48.8 Å². The zero-order chi connectivity index (χ0) is 35.8. The molecule has 0 bridgehead atoms. The van der Waals surface area contributed by atoms with Gasteiger partial charge in [0.2, 0.25) is 0 Å². The van der Waals surface area contributed by atoms with Crippen molar-refractivity contribution >= 4 is 19.8 Å². The average molecular weight is 713 g/mol. The van der Waals surface area contributed by atoms with E-state index in [1.807, 2.05) is 6.08 Å². The molecule has 1 aliphatic heterocycles. The summed E-state index contributed by atoms with van der Waals surface area (Å²) in [5.41, 5.74) is 0. The van der Waals surface area contributed by atoms with Crippen molar-refractivity contribution in [3.8, 4) is 0 Å². The van der Waals surface area contributed by atoms with Crippen LogP contribution in [0.4, 0.5) is 0 Å². The molecule has 1 fully saturated rings. The molecule has 1 rings (SSSR count). The molecule has 0 saturated carbocycles. The van der Waals surface area contributed by atoms with E-state index < -0.39 is 32.5 Å². The van der Waals surface area contributed by atoms with E-state index in [0.717, 1.165) is 44.9 Å². The highest BCUT2D eigenvalue weighted by Crippen LogP contribution is 2.36. The maximum atomic E-state index is 12.4. The van der Waals surface area contributed by atoms with E-state index in [1.165, 1.54) is 83.5 Å². The predicted molar refractivity (Wildman–Crippen MR) is 197 cm³/mol. The van der Waals surface area contributed by atoms with Crippen LogP contribution in [0, 0.1) is 0 Å². The highest BCUT2D eigenvalue weighted by molar-refractivity contribution is 7.46. The van der Waals surface area contributed by atoms with Crippen molar-refractivity contribution in [2.75, 3.05) is 13.2 Å². The van der Waals surface area contributed by atoms with Crippen LogP contribution in [0.1, 0.15) is 168 Å². The van der Waals surface area contributed by atoms with Gasteiger partial charge in [0.05, 0.1) is 18.8 Å². The first-order chi connectivity index (χ1) is 23.7. The Kier molecular flexibility index (Phi) is 28.6. The van der Waals surface area contributed by atoms with Gasteiger partial charge in [-0.1, -0.05) is 147 Å². The minimum absolute atomic E-state index is 0.189. The number of unbranched alkanes of at least 4 members (excludes halogenated alkanes) is 15. The molecule has 0 aliphatic carbocycles. The summed E-state index contributed by atoms with van der Waals surface area (Å²) in [6.07, 6.45) is 37.6. The summed E-state index contributed by atoms with van der Waals surface area (Å²) < 4.78 is 32.0. The molecule has 2 N–H and O–H groups in total. The number of carbonyl (C=O) groups excluding carboxylic acids is 2. The Labute approximate surface area is 297 Å². The van der Waals surface area contributed by atoms with Crippen LogP contribution >= 0.6 is 7.82 Å². The van der Waals surface area contributed by atoms with Crippen molar-refractivity contribution in [2.45, 2.75) is 186 Å². The molecular formula is C39H69O9P. The largest absolute Gasteiger partial charge is 0.469 e. The molecule has 0 radical (unpaired) electrons. The van der Waals surface area contributed by atoms with Crippen molar-refractivity contribution in [2.24, 2.45) is 0 Å². The molecule has 1 saturated heterocycles. The van der Waals surface area contributed by atoms with E-state index in [9.17, 15) is 14.2 Å². The molecule has 0 amide bonds. The molecule has 1 heterocycles. The number of ether oxygens (including phenoxy) is 3. The summed E-state index contributed by atoms with van der Waals surface area (Å²) in [6, 6.07) is 0. The van der Waals surface area contributed by atoms with Gasteiger partial charge in [0.15, 0.2) is 6.10 Å². The highest BCUT2D eigenvalue weighted by Gasteiger charge is 2.36. The quantitative estimate of drug-likeness (QED) is 0.0220. The first kappa shape index (κ1) is 45.3. The Morgan fingerprint density at radius 3 is 1.80 bits per heavy atom. The van der Waals surface area contributed by atoms with Gasteiger partial charge in [0.25, 0.3) is 0 Å². The van der Waals surface area contributed by atoms with Crippen LogP contribution < -0.4 is 0 Å². The molecule has 0 aromatic rings. The minimum Gasteiger partial charge on any atom is -0.462 e. The zero-order valence-corrected chi connectivity index (χ0v) is 31.7. The van der Waals surface area contributed by atoms with Gasteiger partial charge in [-0.15, -0.1) is 0 Å². The van der Waals surface area contributed by atoms with Gasteiger partial charge in [0.1, 0.15) is 6.61 Å². The third-order valence-corrected chi connectivity index (χ3v) is 9.07. The molecular weight excluding hydrogens is 643 g/mol. The van der Waals surface area contributed by atoms with Crippen molar-refractivity contribution in [3.63, 3.8) is 0 Å². The van der Waals surface area contributed by atoms with Crippen LogP contribution in [0.15, 0.2) is 36.5 Å². The maximum absolute atomic E-state index is 12.4. The number of hydrogen-bond donors (Lipinski definition) is 2. The molecule has 3 atom stereocenters. The molecule has 9 nitrogen and oxygen atoms in total. The second-order valence-corrected chi connectivity index (χ2v) is 14.5. The lowest BCUT2D eigenvalue weighted by Gasteiger charge is -2.18. The van der Waals surface area contributed by atoms with Gasteiger partial charge >= 0.3 is 19.8 Å². The lowest BCUT2D eigenvalue weighted by atomic mass is 10.0. The standard InChI is InChI=1S/C39H69O9P/c1-3-5-7-8-9-10-11-12-13-18-21-24-28-32-39(41)47-35(34-46-49(42,43)44)33-45-38(40)31-27-23-20-17-15-14-16-19-22-26-30-37-36(48-37)29-25-6-4-2/h14,16-17,20,22,26,35-37H,3-13,15,18-19,21,23-25,27-34H2,1-2H3,(H2,42,43,44)/b16-14-,20-17-,26-22-/t35-,36?,37?/m1/s1. The number of allylic oxidation sites excluding steroid dienone is 5. The van der Waals surface area contributed by atoms with E-state index in [1.54, 1.807) is 0 Å². The zero-order valence-electron chi connectivity index (χ0n) is 30.8. The molecule has 49 heavy (non-hydrogen) atoms. The van der Waals surface area contributed by atoms with E-state index in [-0.39, 0.29) is 19.4 Å². The van der Waals surface area contributed by atoms with Gasteiger partial charge < -0.3 is 24.0 Å².